The van der Waals surface area contributed by atoms with Crippen LogP contribution in [0.3, 0.4) is 0 Å². The molecule has 0 spiro atoms. The third kappa shape index (κ3) is 2.69. The lowest BCUT2D eigenvalue weighted by Crippen LogP contribution is -2.23. The molecule has 0 aliphatic carbocycles. The first kappa shape index (κ1) is 10.4. The van der Waals surface area contributed by atoms with Crippen molar-refractivity contribution in [2.45, 2.75) is 13.0 Å². The number of rotatable bonds is 3. The number of hydrogen-bond donors (Lipinski definition) is 2. The number of carboxylic acids is 1. The molecule has 0 amide bonds. The van der Waals surface area contributed by atoms with E-state index in [0.29, 0.717) is 6.92 Å². The summed E-state index contributed by atoms with van der Waals surface area (Å²) in [7, 11) is 0. The number of hydrogen-bond acceptors (Lipinski definition) is 2. The number of carboxylic acid groups (broad SMARTS) is 1. The average molecular weight is 201 g/mol. The summed E-state index contributed by atoms with van der Waals surface area (Å²) in [4.78, 5) is 10.6. The van der Waals surface area contributed by atoms with Crippen LogP contribution in [0.4, 0.5) is 14.5 Å². The van der Waals surface area contributed by atoms with Crippen molar-refractivity contribution in [3.05, 3.63) is 29.8 Å². The van der Waals surface area contributed by atoms with E-state index in [2.05, 4.69) is 0 Å². The van der Waals surface area contributed by atoms with Gasteiger partial charge in [-0.1, -0.05) is 12.1 Å². The zero-order chi connectivity index (χ0) is 10.8. The molecular formula is C9H9F2NO2. The van der Waals surface area contributed by atoms with Crippen LogP contribution in [0.5, 0.6) is 0 Å². The summed E-state index contributed by atoms with van der Waals surface area (Å²) in [6, 6.07) is 2.38. The molecule has 1 aromatic carbocycles. The maximum atomic E-state index is 12.5. The molecule has 0 radical (unpaired) electrons. The van der Waals surface area contributed by atoms with E-state index in [1.54, 1.807) is 0 Å². The molecule has 3 nitrogen and oxygen atoms in total. The Bertz CT molecular complexity index is 347. The summed E-state index contributed by atoms with van der Waals surface area (Å²) >= 11 is 0. The number of carbonyl (C=O) groups is 1. The number of nitrogens with one attached hydrogen (secondary N) is 1. The molecule has 76 valence electrons. The van der Waals surface area contributed by atoms with Crippen LogP contribution < -0.4 is 5.32 Å². The maximum Gasteiger partial charge on any atom is 0.337 e. The summed E-state index contributed by atoms with van der Waals surface area (Å²) in [6.07, 6.45) is 0. The topological polar surface area (TPSA) is 49.3 Å². The van der Waals surface area contributed by atoms with Gasteiger partial charge in [-0.25, -0.2) is 4.79 Å². The monoisotopic (exact) mass is 201 g/mol. The second kappa shape index (κ2) is 3.61. The second-order valence-corrected chi connectivity index (χ2v) is 2.86. The fraction of sp³-hybridized carbons (Fsp3) is 0.222. The van der Waals surface area contributed by atoms with Crippen molar-refractivity contribution in [1.82, 2.24) is 0 Å². The van der Waals surface area contributed by atoms with Gasteiger partial charge in [0.2, 0.25) is 0 Å². The predicted octanol–water partition coefficient (Wildman–Crippen LogP) is 2.41. The second-order valence-electron chi connectivity index (χ2n) is 2.86. The van der Waals surface area contributed by atoms with Crippen molar-refractivity contribution < 1.29 is 18.7 Å². The molecule has 0 fully saturated rings. The number of anilines is 1. The normalized spacial score (nSPS) is 11.1. The molecule has 1 rings (SSSR count). The molecule has 0 aliphatic rings. The fourth-order valence-corrected chi connectivity index (χ4v) is 1.02. The van der Waals surface area contributed by atoms with E-state index in [1.165, 1.54) is 24.3 Å². The predicted molar refractivity (Wildman–Crippen MR) is 47.6 cm³/mol. The molecular weight excluding hydrogens is 192 g/mol. The quantitative estimate of drug-likeness (QED) is 0.738. The highest BCUT2D eigenvalue weighted by molar-refractivity contribution is 5.94. The van der Waals surface area contributed by atoms with Gasteiger partial charge < -0.3 is 10.4 Å². The molecule has 0 atom stereocenters. The molecule has 2 N–H and O–H groups in total. The van der Waals surface area contributed by atoms with E-state index in [1.807, 2.05) is 5.32 Å². The summed E-state index contributed by atoms with van der Waals surface area (Å²) in [5, 5.41) is 10.5. The van der Waals surface area contributed by atoms with Crippen LogP contribution in [0.1, 0.15) is 17.3 Å². The van der Waals surface area contributed by atoms with Crippen molar-refractivity contribution in [3.63, 3.8) is 0 Å². The van der Waals surface area contributed by atoms with Crippen LogP contribution in [-0.4, -0.2) is 17.1 Å². The van der Waals surface area contributed by atoms with E-state index < -0.39 is 12.0 Å². The number of halogens is 2. The van der Waals surface area contributed by atoms with Gasteiger partial charge in [-0.05, 0) is 12.1 Å². The largest absolute Gasteiger partial charge is 0.478 e. The van der Waals surface area contributed by atoms with Crippen molar-refractivity contribution in [2.24, 2.45) is 0 Å². The number of alkyl halides is 2. The summed E-state index contributed by atoms with van der Waals surface area (Å²) in [6.45, 7) is 0.658. The van der Waals surface area contributed by atoms with Crippen molar-refractivity contribution in [3.8, 4) is 0 Å². The molecule has 0 heterocycles. The highest BCUT2D eigenvalue weighted by Crippen LogP contribution is 2.21. The smallest absolute Gasteiger partial charge is 0.337 e. The fourth-order valence-electron chi connectivity index (χ4n) is 1.02. The van der Waals surface area contributed by atoms with Gasteiger partial charge in [0.25, 0.3) is 0 Å². The lowest BCUT2D eigenvalue weighted by Gasteiger charge is -2.15. The van der Waals surface area contributed by atoms with Crippen LogP contribution in [0.2, 0.25) is 0 Å². The van der Waals surface area contributed by atoms with E-state index in [4.69, 9.17) is 5.11 Å². The van der Waals surface area contributed by atoms with Crippen LogP contribution in [0.15, 0.2) is 24.3 Å². The van der Waals surface area contributed by atoms with E-state index in [-0.39, 0.29) is 11.3 Å². The molecule has 0 unspecified atom stereocenters. The Hall–Kier alpha value is -1.65. The number of aromatic carboxylic acids is 1. The zero-order valence-corrected chi connectivity index (χ0v) is 7.42. The van der Waals surface area contributed by atoms with Gasteiger partial charge in [-0.3, -0.25) is 0 Å². The van der Waals surface area contributed by atoms with Gasteiger partial charge >= 0.3 is 12.0 Å². The van der Waals surface area contributed by atoms with Crippen LogP contribution in [0.25, 0.3) is 0 Å². The number of benzene rings is 1. The average Bonchev–Trinajstić information content (AvgIpc) is 2.01. The molecule has 14 heavy (non-hydrogen) atoms. The Labute approximate surface area is 79.4 Å². The first-order chi connectivity index (χ1) is 6.40. The van der Waals surface area contributed by atoms with Gasteiger partial charge in [0.1, 0.15) is 0 Å². The molecule has 0 saturated heterocycles. The Morgan fingerprint density at radius 2 is 2.00 bits per heavy atom. The van der Waals surface area contributed by atoms with Gasteiger partial charge in [0.15, 0.2) is 0 Å². The molecule has 5 heteroatoms. The Kier molecular flexibility index (Phi) is 2.69. The van der Waals surface area contributed by atoms with Gasteiger partial charge in [0, 0.05) is 6.92 Å². The molecule has 0 aromatic heterocycles. The molecule has 0 aliphatic heterocycles. The Morgan fingerprint density at radius 1 is 1.43 bits per heavy atom. The molecule has 0 saturated carbocycles. The third-order valence-electron chi connectivity index (χ3n) is 1.51. The van der Waals surface area contributed by atoms with Gasteiger partial charge in [-0.2, -0.15) is 8.78 Å². The number of para-hydroxylation sites is 1. The summed E-state index contributed by atoms with van der Waals surface area (Å²) < 4.78 is 25.1. The first-order valence-electron chi connectivity index (χ1n) is 3.88. The van der Waals surface area contributed by atoms with Crippen LogP contribution >= 0.6 is 0 Å². The molecule has 1 aromatic rings. The lowest BCUT2D eigenvalue weighted by atomic mass is 10.2. The molecule has 0 bridgehead atoms. The maximum absolute atomic E-state index is 12.5. The van der Waals surface area contributed by atoms with E-state index >= 15 is 0 Å². The third-order valence-corrected chi connectivity index (χ3v) is 1.51. The highest BCUT2D eigenvalue weighted by atomic mass is 19.3. The Morgan fingerprint density at radius 3 is 2.50 bits per heavy atom. The minimum absolute atomic E-state index is 0.0903. The summed E-state index contributed by atoms with van der Waals surface area (Å²) in [5.74, 6) is -1.24. The van der Waals surface area contributed by atoms with Crippen molar-refractivity contribution in [1.29, 1.82) is 0 Å². The minimum atomic E-state index is -3.13. The standard InChI is InChI=1S/C9H9F2NO2/c1-9(10,11)12-7-5-3-2-4-6(7)8(13)14/h2-5,12H,1H3,(H,13,14). The van der Waals surface area contributed by atoms with Crippen molar-refractivity contribution >= 4 is 11.7 Å². The van der Waals surface area contributed by atoms with Gasteiger partial charge in [0.05, 0.1) is 11.3 Å². The Balaban J connectivity index is 3.02. The van der Waals surface area contributed by atoms with E-state index in [0.717, 1.165) is 0 Å². The van der Waals surface area contributed by atoms with E-state index in [9.17, 15) is 13.6 Å². The van der Waals surface area contributed by atoms with Crippen LogP contribution in [0, 0.1) is 0 Å². The van der Waals surface area contributed by atoms with Crippen molar-refractivity contribution in [2.75, 3.05) is 5.32 Å². The lowest BCUT2D eigenvalue weighted by molar-refractivity contribution is 0.0541. The SMILES string of the molecule is CC(F)(F)Nc1ccccc1C(=O)O. The highest BCUT2D eigenvalue weighted by Gasteiger charge is 2.22. The minimum Gasteiger partial charge on any atom is -0.478 e. The first-order valence-corrected chi connectivity index (χ1v) is 3.88. The van der Waals surface area contributed by atoms with Crippen LogP contribution in [-0.2, 0) is 0 Å². The van der Waals surface area contributed by atoms with Gasteiger partial charge in [-0.15, -0.1) is 0 Å². The zero-order valence-electron chi connectivity index (χ0n) is 7.42. The summed E-state index contributed by atoms with van der Waals surface area (Å²) in [5.41, 5.74) is -0.262.